The van der Waals surface area contributed by atoms with E-state index >= 15 is 0 Å². The molecule has 1 atom stereocenters. The van der Waals surface area contributed by atoms with Gasteiger partial charge < -0.3 is 5.32 Å². The minimum absolute atomic E-state index is 0.477. The fourth-order valence-corrected chi connectivity index (χ4v) is 3.51. The second kappa shape index (κ2) is 9.01. The average Bonchev–Trinajstić information content (AvgIpc) is 2.99. The summed E-state index contributed by atoms with van der Waals surface area (Å²) in [6.07, 6.45) is 6.27. The Hall–Kier alpha value is -1.12. The van der Waals surface area contributed by atoms with Gasteiger partial charge in [-0.25, -0.2) is 0 Å². The Labute approximate surface area is 133 Å². The highest BCUT2D eigenvalue weighted by molar-refractivity contribution is 7.11. The van der Waals surface area contributed by atoms with Crippen molar-refractivity contribution in [3.05, 3.63) is 57.8 Å². The molecule has 0 amide bonds. The van der Waals surface area contributed by atoms with Crippen molar-refractivity contribution in [2.24, 2.45) is 0 Å². The fourth-order valence-electron chi connectivity index (χ4n) is 2.60. The average molecular weight is 301 g/mol. The van der Waals surface area contributed by atoms with Crippen LogP contribution >= 0.6 is 11.3 Å². The number of aryl methyl sites for hydroxylation is 1. The molecule has 0 saturated carbocycles. The van der Waals surface area contributed by atoms with Crippen LogP contribution in [-0.2, 0) is 13.0 Å². The van der Waals surface area contributed by atoms with Crippen molar-refractivity contribution in [3.8, 4) is 0 Å². The van der Waals surface area contributed by atoms with Gasteiger partial charge >= 0.3 is 0 Å². The van der Waals surface area contributed by atoms with Crippen LogP contribution < -0.4 is 5.32 Å². The maximum absolute atomic E-state index is 3.76. The second-order valence-electron chi connectivity index (χ2n) is 5.56. The summed E-state index contributed by atoms with van der Waals surface area (Å²) in [5.74, 6) is 0. The molecule has 1 aromatic heterocycles. The van der Waals surface area contributed by atoms with Crippen molar-refractivity contribution >= 4 is 11.3 Å². The van der Waals surface area contributed by atoms with Crippen LogP contribution in [0.5, 0.6) is 0 Å². The van der Waals surface area contributed by atoms with Crippen LogP contribution in [0.25, 0.3) is 0 Å². The molecule has 0 saturated heterocycles. The van der Waals surface area contributed by atoms with Crippen LogP contribution in [0.4, 0.5) is 0 Å². The molecule has 0 radical (unpaired) electrons. The molecule has 0 fully saturated rings. The van der Waals surface area contributed by atoms with E-state index in [0.717, 1.165) is 13.0 Å². The summed E-state index contributed by atoms with van der Waals surface area (Å²) in [6.45, 7) is 5.47. The monoisotopic (exact) mass is 301 g/mol. The summed E-state index contributed by atoms with van der Waals surface area (Å²) in [4.78, 5) is 2.93. The van der Waals surface area contributed by atoms with Crippen LogP contribution in [0.15, 0.2) is 42.5 Å². The van der Waals surface area contributed by atoms with E-state index in [1.54, 1.807) is 0 Å². The quantitative estimate of drug-likeness (QED) is 0.584. The molecule has 21 heavy (non-hydrogen) atoms. The molecule has 2 heteroatoms. The van der Waals surface area contributed by atoms with Gasteiger partial charge in [0.1, 0.15) is 0 Å². The number of rotatable bonds is 9. The number of unbranched alkanes of at least 4 members (excludes halogenated alkanes) is 2. The van der Waals surface area contributed by atoms with E-state index in [4.69, 9.17) is 0 Å². The van der Waals surface area contributed by atoms with Crippen molar-refractivity contribution < 1.29 is 0 Å². The molecule has 0 bridgehead atoms. The van der Waals surface area contributed by atoms with Gasteiger partial charge in [-0.05, 0) is 30.5 Å². The zero-order chi connectivity index (χ0) is 14.9. The molecule has 1 heterocycles. The molecular formula is C19H27NS. The molecule has 1 nitrogen and oxygen atoms in total. The van der Waals surface area contributed by atoms with Gasteiger partial charge in [0, 0.05) is 22.3 Å². The van der Waals surface area contributed by atoms with E-state index in [9.17, 15) is 0 Å². The molecule has 114 valence electrons. The highest BCUT2D eigenvalue weighted by Gasteiger charge is 2.10. The SMILES string of the molecule is CCCCCC(NCc1ccc(CC)s1)c1ccccc1. The van der Waals surface area contributed by atoms with E-state index in [0.29, 0.717) is 6.04 Å². The number of hydrogen-bond acceptors (Lipinski definition) is 2. The molecule has 1 unspecified atom stereocenters. The van der Waals surface area contributed by atoms with Crippen LogP contribution in [-0.4, -0.2) is 0 Å². The van der Waals surface area contributed by atoms with Gasteiger partial charge in [-0.2, -0.15) is 0 Å². The van der Waals surface area contributed by atoms with Crippen LogP contribution in [0.1, 0.15) is 60.9 Å². The number of benzene rings is 1. The summed E-state index contributed by atoms with van der Waals surface area (Å²) in [6, 6.07) is 15.9. The van der Waals surface area contributed by atoms with Crippen molar-refractivity contribution in [2.45, 2.75) is 58.5 Å². The van der Waals surface area contributed by atoms with Gasteiger partial charge in [-0.1, -0.05) is 63.4 Å². The molecular weight excluding hydrogens is 274 g/mol. The summed E-state index contributed by atoms with van der Waals surface area (Å²) in [7, 11) is 0. The molecule has 1 aromatic carbocycles. The minimum atomic E-state index is 0.477. The number of thiophene rings is 1. The fraction of sp³-hybridized carbons (Fsp3) is 0.474. The predicted octanol–water partition coefficient (Wildman–Crippen LogP) is 5.72. The van der Waals surface area contributed by atoms with Crippen LogP contribution in [0.2, 0.25) is 0 Å². The Kier molecular flexibility index (Phi) is 6.98. The first kappa shape index (κ1) is 16.3. The van der Waals surface area contributed by atoms with Crippen molar-refractivity contribution in [3.63, 3.8) is 0 Å². The molecule has 0 spiro atoms. The van der Waals surface area contributed by atoms with Crippen LogP contribution in [0.3, 0.4) is 0 Å². The van der Waals surface area contributed by atoms with E-state index in [1.165, 1.54) is 41.0 Å². The third kappa shape index (κ3) is 5.29. The molecule has 0 aliphatic carbocycles. The smallest absolute Gasteiger partial charge is 0.0323 e. The van der Waals surface area contributed by atoms with Gasteiger partial charge in [-0.15, -0.1) is 11.3 Å². The topological polar surface area (TPSA) is 12.0 Å². The normalized spacial score (nSPS) is 12.5. The van der Waals surface area contributed by atoms with E-state index in [2.05, 4.69) is 61.6 Å². The Balaban J connectivity index is 1.95. The Morgan fingerprint density at radius 2 is 1.71 bits per heavy atom. The molecule has 2 rings (SSSR count). The van der Waals surface area contributed by atoms with Gasteiger partial charge in [0.15, 0.2) is 0 Å². The first-order valence-corrected chi connectivity index (χ1v) is 9.01. The van der Waals surface area contributed by atoms with Crippen molar-refractivity contribution in [1.29, 1.82) is 0 Å². The summed E-state index contributed by atoms with van der Waals surface area (Å²) in [5.41, 5.74) is 1.42. The largest absolute Gasteiger partial charge is 0.305 e. The van der Waals surface area contributed by atoms with E-state index < -0.39 is 0 Å². The Morgan fingerprint density at radius 3 is 2.38 bits per heavy atom. The van der Waals surface area contributed by atoms with E-state index in [-0.39, 0.29) is 0 Å². The Bertz CT molecular complexity index is 503. The third-order valence-electron chi connectivity index (χ3n) is 3.89. The van der Waals surface area contributed by atoms with Crippen LogP contribution in [0, 0.1) is 0 Å². The van der Waals surface area contributed by atoms with E-state index in [1.807, 2.05) is 11.3 Å². The predicted molar refractivity (Wildman–Crippen MR) is 93.9 cm³/mol. The molecule has 1 N–H and O–H groups in total. The first-order valence-electron chi connectivity index (χ1n) is 8.19. The summed E-state index contributed by atoms with van der Waals surface area (Å²) in [5, 5.41) is 3.76. The maximum Gasteiger partial charge on any atom is 0.0323 e. The number of nitrogens with one attached hydrogen (secondary N) is 1. The second-order valence-corrected chi connectivity index (χ2v) is 6.81. The van der Waals surface area contributed by atoms with Crippen molar-refractivity contribution in [2.75, 3.05) is 0 Å². The summed E-state index contributed by atoms with van der Waals surface area (Å²) >= 11 is 1.94. The zero-order valence-electron chi connectivity index (χ0n) is 13.3. The number of hydrogen-bond donors (Lipinski definition) is 1. The Morgan fingerprint density at radius 1 is 0.952 bits per heavy atom. The third-order valence-corrected chi connectivity index (χ3v) is 5.12. The summed E-state index contributed by atoms with van der Waals surface area (Å²) < 4.78 is 0. The lowest BCUT2D eigenvalue weighted by atomic mass is 10.0. The standard InChI is InChI=1S/C19H27NS/c1-3-5-7-12-19(16-10-8-6-9-11-16)20-15-18-14-13-17(4-2)21-18/h6,8-11,13-14,19-20H,3-5,7,12,15H2,1-2H3. The lowest BCUT2D eigenvalue weighted by Crippen LogP contribution is -2.20. The molecule has 0 aliphatic rings. The van der Waals surface area contributed by atoms with Gasteiger partial charge in [0.2, 0.25) is 0 Å². The van der Waals surface area contributed by atoms with Gasteiger partial charge in [0.25, 0.3) is 0 Å². The van der Waals surface area contributed by atoms with Gasteiger partial charge in [0.05, 0.1) is 0 Å². The molecule has 2 aromatic rings. The minimum Gasteiger partial charge on any atom is -0.305 e. The van der Waals surface area contributed by atoms with Crippen molar-refractivity contribution in [1.82, 2.24) is 5.32 Å². The lowest BCUT2D eigenvalue weighted by molar-refractivity contribution is 0.475. The highest BCUT2D eigenvalue weighted by Crippen LogP contribution is 2.22. The molecule has 0 aliphatic heterocycles. The first-order chi connectivity index (χ1) is 10.3. The lowest BCUT2D eigenvalue weighted by Gasteiger charge is -2.19. The zero-order valence-corrected chi connectivity index (χ0v) is 14.1. The maximum atomic E-state index is 3.76. The van der Waals surface area contributed by atoms with Gasteiger partial charge in [-0.3, -0.25) is 0 Å². The highest BCUT2D eigenvalue weighted by atomic mass is 32.1.